The number of aliphatic hydroxyl groups is 1. The zero-order valence-electron chi connectivity index (χ0n) is 16.1. The molecule has 8 nitrogen and oxygen atoms in total. The molecule has 0 radical (unpaired) electrons. The SMILES string of the molecule is CCCCN=C(NC#N)N1CC(N(CC)C(=O)CO)C(c2ccc(Cl)cc2)=N1. The fraction of sp³-hybridized carbons (Fsp3) is 0.474. The Balaban J connectivity index is 2.41. The number of nitrogens with zero attached hydrogens (tertiary/aromatic N) is 5. The van der Waals surface area contributed by atoms with Crippen LogP contribution >= 0.6 is 11.6 Å². The highest BCUT2D eigenvalue weighted by Crippen LogP contribution is 2.21. The average molecular weight is 405 g/mol. The maximum absolute atomic E-state index is 12.3. The van der Waals surface area contributed by atoms with Gasteiger partial charge in [0.2, 0.25) is 11.9 Å². The van der Waals surface area contributed by atoms with Crippen LogP contribution in [0.3, 0.4) is 0 Å². The van der Waals surface area contributed by atoms with E-state index >= 15 is 0 Å². The van der Waals surface area contributed by atoms with Crippen molar-refractivity contribution in [3.05, 3.63) is 34.9 Å². The average Bonchev–Trinajstić information content (AvgIpc) is 3.13. The number of nitriles is 1. The van der Waals surface area contributed by atoms with E-state index in [1.807, 2.05) is 25.2 Å². The summed E-state index contributed by atoms with van der Waals surface area (Å²) >= 11 is 6.00. The summed E-state index contributed by atoms with van der Waals surface area (Å²) in [5, 5.41) is 27.9. The van der Waals surface area contributed by atoms with Crippen molar-refractivity contribution in [1.29, 1.82) is 5.26 Å². The van der Waals surface area contributed by atoms with Crippen molar-refractivity contribution in [2.45, 2.75) is 32.7 Å². The van der Waals surface area contributed by atoms with Crippen LogP contribution in [0.25, 0.3) is 0 Å². The molecule has 28 heavy (non-hydrogen) atoms. The predicted molar refractivity (Wildman–Crippen MR) is 109 cm³/mol. The number of aliphatic imine (C=N–C) groups is 1. The summed E-state index contributed by atoms with van der Waals surface area (Å²) < 4.78 is 0. The van der Waals surface area contributed by atoms with Crippen molar-refractivity contribution >= 4 is 29.2 Å². The number of unbranched alkanes of at least 4 members (excludes halogenated alkanes) is 1. The third-order valence-electron chi connectivity index (χ3n) is 4.39. The summed E-state index contributed by atoms with van der Waals surface area (Å²) in [5.41, 5.74) is 1.47. The van der Waals surface area contributed by atoms with Gasteiger partial charge in [0.1, 0.15) is 6.61 Å². The molecule has 0 spiro atoms. The number of hydrogen-bond donors (Lipinski definition) is 2. The second kappa shape index (κ2) is 10.6. The van der Waals surface area contributed by atoms with Gasteiger partial charge in [-0.1, -0.05) is 37.1 Å². The Morgan fingerprint density at radius 3 is 2.75 bits per heavy atom. The van der Waals surface area contributed by atoms with Gasteiger partial charge in [-0.15, -0.1) is 0 Å². The molecule has 1 amide bonds. The Morgan fingerprint density at radius 1 is 1.46 bits per heavy atom. The summed E-state index contributed by atoms with van der Waals surface area (Å²) in [4.78, 5) is 18.3. The second-order valence-corrected chi connectivity index (χ2v) is 6.66. The molecule has 1 atom stereocenters. The van der Waals surface area contributed by atoms with Gasteiger partial charge in [0.15, 0.2) is 6.19 Å². The van der Waals surface area contributed by atoms with E-state index in [1.165, 1.54) is 0 Å². The molecule has 1 heterocycles. The first kappa shape index (κ1) is 21.7. The van der Waals surface area contributed by atoms with E-state index in [0.29, 0.717) is 36.3 Å². The highest BCUT2D eigenvalue weighted by Gasteiger charge is 2.36. The largest absolute Gasteiger partial charge is 0.387 e. The zero-order valence-corrected chi connectivity index (χ0v) is 16.9. The first-order valence-electron chi connectivity index (χ1n) is 9.27. The second-order valence-electron chi connectivity index (χ2n) is 6.22. The highest BCUT2D eigenvalue weighted by atomic mass is 35.5. The summed E-state index contributed by atoms with van der Waals surface area (Å²) in [6, 6.07) is 6.80. The minimum absolute atomic E-state index is 0.331. The molecule has 1 aliphatic heterocycles. The minimum atomic E-state index is -0.577. The standard InChI is InChI=1S/C19H25ClN6O2/c1-3-5-10-22-19(23-13-21)26-11-16(25(4-2)17(28)12-27)18(24-26)14-6-8-15(20)9-7-14/h6-9,16,27H,3-5,10-12H2,1-2H3,(H,22,23). The number of nitrogens with one attached hydrogen (secondary N) is 1. The molecule has 0 saturated heterocycles. The topological polar surface area (TPSA) is 104 Å². The van der Waals surface area contributed by atoms with E-state index in [0.717, 1.165) is 18.4 Å². The maximum Gasteiger partial charge on any atom is 0.248 e. The van der Waals surface area contributed by atoms with Crippen LogP contribution in [0.5, 0.6) is 0 Å². The van der Waals surface area contributed by atoms with Gasteiger partial charge in [-0.05, 0) is 25.5 Å². The molecule has 0 aromatic heterocycles. The van der Waals surface area contributed by atoms with Crippen LogP contribution in [0, 0.1) is 11.5 Å². The van der Waals surface area contributed by atoms with Crippen LogP contribution in [-0.2, 0) is 4.79 Å². The molecule has 1 unspecified atom stereocenters. The molecule has 1 aromatic carbocycles. The first-order chi connectivity index (χ1) is 13.5. The molecule has 1 aliphatic rings. The molecule has 0 bridgehead atoms. The van der Waals surface area contributed by atoms with Crippen LogP contribution in [0.4, 0.5) is 0 Å². The zero-order chi connectivity index (χ0) is 20.5. The number of halogens is 1. The number of carbonyl (C=O) groups excluding carboxylic acids is 1. The summed E-state index contributed by atoms with van der Waals surface area (Å²) in [6.45, 7) is 4.65. The van der Waals surface area contributed by atoms with Crippen molar-refractivity contribution < 1.29 is 9.90 Å². The van der Waals surface area contributed by atoms with Gasteiger partial charge in [-0.2, -0.15) is 10.4 Å². The van der Waals surface area contributed by atoms with Gasteiger partial charge in [0.05, 0.1) is 18.3 Å². The number of rotatable bonds is 7. The van der Waals surface area contributed by atoms with Crippen molar-refractivity contribution in [3.8, 4) is 6.19 Å². The molecule has 1 aromatic rings. The number of hydrogen-bond acceptors (Lipinski definition) is 5. The van der Waals surface area contributed by atoms with Crippen molar-refractivity contribution in [2.75, 3.05) is 26.2 Å². The molecule has 0 saturated carbocycles. The number of amides is 1. The van der Waals surface area contributed by atoms with E-state index < -0.39 is 6.61 Å². The van der Waals surface area contributed by atoms with Gasteiger partial charge in [0.25, 0.3) is 0 Å². The van der Waals surface area contributed by atoms with Crippen LogP contribution in [0.15, 0.2) is 34.4 Å². The molecular formula is C19H25ClN6O2. The number of likely N-dealkylation sites (N-methyl/N-ethyl adjacent to an activating group) is 1. The Bertz CT molecular complexity index is 772. The Kier molecular flexibility index (Phi) is 8.23. The molecule has 2 rings (SSSR count). The smallest absolute Gasteiger partial charge is 0.248 e. The van der Waals surface area contributed by atoms with Crippen LogP contribution in [0.1, 0.15) is 32.3 Å². The lowest BCUT2D eigenvalue weighted by Gasteiger charge is -2.28. The van der Waals surface area contributed by atoms with Crippen LogP contribution in [-0.4, -0.2) is 64.9 Å². The Morgan fingerprint density at radius 2 is 2.18 bits per heavy atom. The highest BCUT2D eigenvalue weighted by molar-refractivity contribution is 6.30. The van der Waals surface area contributed by atoms with Crippen LogP contribution in [0.2, 0.25) is 5.02 Å². The first-order valence-corrected chi connectivity index (χ1v) is 9.65. The quantitative estimate of drug-likeness (QED) is 0.237. The van der Waals surface area contributed by atoms with Gasteiger partial charge in [-0.3, -0.25) is 15.1 Å². The third-order valence-corrected chi connectivity index (χ3v) is 4.64. The normalized spacial score (nSPS) is 16.5. The van der Waals surface area contributed by atoms with E-state index in [-0.39, 0.29) is 11.9 Å². The minimum Gasteiger partial charge on any atom is -0.387 e. The van der Waals surface area contributed by atoms with E-state index in [2.05, 4.69) is 22.3 Å². The number of carbonyl (C=O) groups is 1. The lowest BCUT2D eigenvalue weighted by atomic mass is 10.0. The van der Waals surface area contributed by atoms with Gasteiger partial charge >= 0.3 is 0 Å². The lowest BCUT2D eigenvalue weighted by Crippen LogP contribution is -2.49. The van der Waals surface area contributed by atoms with Crippen molar-refractivity contribution in [2.24, 2.45) is 10.1 Å². The van der Waals surface area contributed by atoms with Crippen molar-refractivity contribution in [1.82, 2.24) is 15.2 Å². The number of aliphatic hydroxyl groups excluding tert-OH is 1. The molecule has 150 valence electrons. The molecular weight excluding hydrogens is 380 g/mol. The maximum atomic E-state index is 12.3. The third kappa shape index (κ3) is 5.21. The van der Waals surface area contributed by atoms with E-state index in [1.54, 1.807) is 22.0 Å². The van der Waals surface area contributed by atoms with Crippen LogP contribution < -0.4 is 5.32 Å². The van der Waals surface area contributed by atoms with E-state index in [9.17, 15) is 9.90 Å². The number of benzene rings is 1. The number of hydrazone groups is 1. The van der Waals surface area contributed by atoms with Gasteiger partial charge in [-0.25, -0.2) is 5.01 Å². The Labute approximate surface area is 170 Å². The van der Waals surface area contributed by atoms with Crippen molar-refractivity contribution in [3.63, 3.8) is 0 Å². The monoisotopic (exact) mass is 404 g/mol. The molecule has 0 aliphatic carbocycles. The predicted octanol–water partition coefficient (Wildman–Crippen LogP) is 1.80. The summed E-state index contributed by atoms with van der Waals surface area (Å²) in [5.74, 6) is -0.0360. The number of guanidine groups is 1. The van der Waals surface area contributed by atoms with Gasteiger partial charge in [0, 0.05) is 23.7 Å². The fourth-order valence-corrected chi connectivity index (χ4v) is 3.10. The van der Waals surface area contributed by atoms with E-state index in [4.69, 9.17) is 16.9 Å². The Hall–Kier alpha value is -2.63. The summed E-state index contributed by atoms with van der Waals surface area (Å²) in [7, 11) is 0. The summed E-state index contributed by atoms with van der Waals surface area (Å²) in [6.07, 6.45) is 3.78. The molecule has 2 N–H and O–H groups in total. The lowest BCUT2D eigenvalue weighted by molar-refractivity contribution is -0.135. The molecule has 9 heteroatoms. The van der Waals surface area contributed by atoms with Gasteiger partial charge < -0.3 is 10.0 Å². The fourth-order valence-electron chi connectivity index (χ4n) is 2.98. The molecule has 0 fully saturated rings.